The maximum atomic E-state index is 13.5. The topological polar surface area (TPSA) is 92.5 Å². The average Bonchev–Trinajstić information content (AvgIpc) is 3.38. The van der Waals surface area contributed by atoms with Crippen molar-refractivity contribution >= 4 is 21.6 Å². The Morgan fingerprint density at radius 2 is 1.76 bits per heavy atom. The number of carboxylic acids is 1. The molecule has 1 aliphatic rings. The van der Waals surface area contributed by atoms with Crippen molar-refractivity contribution in [2.75, 3.05) is 11.4 Å². The van der Waals surface area contributed by atoms with Gasteiger partial charge < -0.3 is 10.0 Å². The Labute approximate surface area is 192 Å². The van der Waals surface area contributed by atoms with Crippen molar-refractivity contribution in [1.29, 1.82) is 0 Å². The Balaban J connectivity index is 1.76. The molecule has 2 heterocycles. The zero-order valence-electron chi connectivity index (χ0n) is 17.7. The van der Waals surface area contributed by atoms with E-state index >= 15 is 0 Å². The van der Waals surface area contributed by atoms with Crippen LogP contribution in [0.5, 0.6) is 0 Å². The summed E-state index contributed by atoms with van der Waals surface area (Å²) in [5.74, 6) is -1.59. The van der Waals surface area contributed by atoms with Gasteiger partial charge >= 0.3 is 12.1 Å². The number of carbonyl (C=O) groups is 1. The molecule has 0 saturated carbocycles. The van der Waals surface area contributed by atoms with Gasteiger partial charge in [0.15, 0.2) is 9.84 Å². The first-order valence-electron chi connectivity index (χ1n) is 10.1. The van der Waals surface area contributed by atoms with Gasteiger partial charge in [-0.2, -0.15) is 18.3 Å². The summed E-state index contributed by atoms with van der Waals surface area (Å²) in [6.45, 7) is 1.28. The lowest BCUT2D eigenvalue weighted by atomic mass is 10.2. The molecule has 0 bridgehead atoms. The van der Waals surface area contributed by atoms with Crippen LogP contribution in [-0.4, -0.2) is 47.1 Å². The van der Waals surface area contributed by atoms with Crippen LogP contribution in [0.2, 0.25) is 0 Å². The van der Waals surface area contributed by atoms with Crippen LogP contribution in [0.15, 0.2) is 59.5 Å². The molecule has 0 aliphatic carbocycles. The quantitative estimate of drug-likeness (QED) is 0.539. The Morgan fingerprint density at radius 1 is 1.12 bits per heavy atom. The van der Waals surface area contributed by atoms with Crippen LogP contribution < -0.4 is 4.90 Å². The van der Waals surface area contributed by atoms with Gasteiger partial charge in [0.05, 0.1) is 27.1 Å². The summed E-state index contributed by atoms with van der Waals surface area (Å²) in [5.41, 5.74) is -0.410. The molecule has 1 aliphatic heterocycles. The lowest BCUT2D eigenvalue weighted by Gasteiger charge is -2.24. The Hall–Kier alpha value is -3.41. The van der Waals surface area contributed by atoms with E-state index in [9.17, 15) is 35.9 Å². The van der Waals surface area contributed by atoms with Gasteiger partial charge in [0.25, 0.3) is 0 Å². The highest BCUT2D eigenvalue weighted by atomic mass is 32.2. The van der Waals surface area contributed by atoms with Crippen LogP contribution >= 0.6 is 0 Å². The van der Waals surface area contributed by atoms with Crippen LogP contribution in [0.25, 0.3) is 5.69 Å². The number of benzene rings is 2. The van der Waals surface area contributed by atoms with Crippen molar-refractivity contribution in [2.24, 2.45) is 0 Å². The normalized spacial score (nSPS) is 18.9. The number of halogens is 4. The van der Waals surface area contributed by atoms with Crippen LogP contribution in [0, 0.1) is 12.7 Å². The molecule has 34 heavy (non-hydrogen) atoms. The van der Waals surface area contributed by atoms with Crippen molar-refractivity contribution in [3.63, 3.8) is 0 Å². The predicted octanol–water partition coefficient (Wildman–Crippen LogP) is 3.84. The first-order chi connectivity index (χ1) is 15.9. The molecule has 2 atom stereocenters. The fraction of sp³-hybridized carbons (Fsp3) is 0.273. The molecule has 12 heteroatoms. The summed E-state index contributed by atoms with van der Waals surface area (Å²) in [6.07, 6.45) is -5.32. The molecule has 4 rings (SSSR count). The van der Waals surface area contributed by atoms with E-state index in [1.807, 2.05) is 0 Å². The number of rotatable bonds is 5. The molecule has 1 fully saturated rings. The minimum Gasteiger partial charge on any atom is -0.480 e. The molecule has 1 saturated heterocycles. The molecular formula is C22H19F4N3O4S. The minimum absolute atomic E-state index is 0.235. The highest BCUT2D eigenvalue weighted by Gasteiger charge is 2.47. The Morgan fingerprint density at radius 3 is 2.38 bits per heavy atom. The van der Waals surface area contributed by atoms with Gasteiger partial charge in [-0.25, -0.2) is 22.3 Å². The lowest BCUT2D eigenvalue weighted by Crippen LogP contribution is -2.37. The number of alkyl halides is 3. The Kier molecular flexibility index (Phi) is 5.88. The van der Waals surface area contributed by atoms with Crippen LogP contribution in [0.3, 0.4) is 0 Å². The van der Waals surface area contributed by atoms with Gasteiger partial charge in [-0.05, 0) is 49.7 Å². The number of nitrogens with zero attached hydrogens (tertiary/aromatic N) is 3. The molecule has 1 N–H and O–H groups in total. The van der Waals surface area contributed by atoms with E-state index in [1.165, 1.54) is 46.0 Å². The first-order valence-corrected chi connectivity index (χ1v) is 11.7. The Bertz CT molecular complexity index is 1340. The number of anilines is 1. The first kappa shape index (κ1) is 23.7. The standard InChI is InChI=1S/C22H19F4N3O4S/c1-13-10-20(29(27-13)15-8-6-14(23)7-9-15)28-12-16(11-18(28)21(30)31)34(32,33)19-5-3-2-4-17(19)22(24,25)26/h2-10,16,18H,11-12H2,1H3,(H,30,31)/t16-,18+/m1/s1. The van der Waals surface area contributed by atoms with Gasteiger partial charge in [-0.1, -0.05) is 12.1 Å². The van der Waals surface area contributed by atoms with Gasteiger partial charge in [0, 0.05) is 12.6 Å². The maximum Gasteiger partial charge on any atom is 0.417 e. The van der Waals surface area contributed by atoms with E-state index in [2.05, 4.69) is 5.10 Å². The molecule has 7 nitrogen and oxygen atoms in total. The van der Waals surface area contributed by atoms with Crippen LogP contribution in [0.1, 0.15) is 17.7 Å². The summed E-state index contributed by atoms with van der Waals surface area (Å²) in [5, 5.41) is 12.7. The lowest BCUT2D eigenvalue weighted by molar-refractivity contribution is -0.140. The number of hydrogen-bond donors (Lipinski definition) is 1. The number of aryl methyl sites for hydroxylation is 1. The minimum atomic E-state index is -4.90. The molecule has 180 valence electrons. The number of aliphatic carboxylic acids is 1. The zero-order chi connectivity index (χ0) is 24.8. The second-order valence-electron chi connectivity index (χ2n) is 7.94. The molecule has 2 aromatic carbocycles. The third kappa shape index (κ3) is 4.25. The molecule has 0 radical (unpaired) electrons. The van der Waals surface area contributed by atoms with E-state index < -0.39 is 56.0 Å². The molecular weight excluding hydrogens is 478 g/mol. The van der Waals surface area contributed by atoms with Gasteiger partial charge in [0.1, 0.15) is 17.7 Å². The number of hydrogen-bond acceptors (Lipinski definition) is 5. The SMILES string of the molecule is Cc1cc(N2C[C@H](S(=O)(=O)c3ccccc3C(F)(F)F)C[C@H]2C(=O)O)n(-c2ccc(F)cc2)n1. The second-order valence-corrected chi connectivity index (χ2v) is 10.1. The largest absolute Gasteiger partial charge is 0.480 e. The number of aromatic nitrogens is 2. The number of carboxylic acid groups (broad SMARTS) is 1. The van der Waals surface area contributed by atoms with Crippen molar-refractivity contribution in [3.8, 4) is 5.69 Å². The van der Waals surface area contributed by atoms with Crippen molar-refractivity contribution in [3.05, 3.63) is 71.7 Å². The predicted molar refractivity (Wildman–Crippen MR) is 114 cm³/mol. The average molecular weight is 497 g/mol. The van der Waals surface area contributed by atoms with E-state index in [4.69, 9.17) is 0 Å². The summed E-state index contributed by atoms with van der Waals surface area (Å²) >= 11 is 0. The van der Waals surface area contributed by atoms with E-state index in [-0.39, 0.29) is 12.4 Å². The molecule has 0 amide bonds. The summed E-state index contributed by atoms with van der Waals surface area (Å²) in [6, 6.07) is 9.28. The fourth-order valence-electron chi connectivity index (χ4n) is 4.10. The summed E-state index contributed by atoms with van der Waals surface area (Å²) in [4.78, 5) is 12.4. The molecule has 3 aromatic rings. The highest BCUT2D eigenvalue weighted by Crippen LogP contribution is 2.39. The second kappa shape index (κ2) is 8.42. The van der Waals surface area contributed by atoms with Crippen molar-refractivity contribution < 1.29 is 35.9 Å². The van der Waals surface area contributed by atoms with E-state index in [0.29, 0.717) is 17.4 Å². The highest BCUT2D eigenvalue weighted by molar-refractivity contribution is 7.92. The maximum absolute atomic E-state index is 13.5. The molecule has 1 aromatic heterocycles. The molecule has 0 unspecified atom stereocenters. The van der Waals surface area contributed by atoms with Crippen LogP contribution in [-0.2, 0) is 20.8 Å². The van der Waals surface area contributed by atoms with Gasteiger partial charge in [-0.15, -0.1) is 0 Å². The van der Waals surface area contributed by atoms with E-state index in [0.717, 1.165) is 12.1 Å². The van der Waals surface area contributed by atoms with Crippen LogP contribution in [0.4, 0.5) is 23.4 Å². The fourth-order valence-corrected chi connectivity index (χ4v) is 6.01. The van der Waals surface area contributed by atoms with Gasteiger partial charge in [-0.3, -0.25) is 0 Å². The third-order valence-electron chi connectivity index (χ3n) is 5.66. The summed E-state index contributed by atoms with van der Waals surface area (Å²) < 4.78 is 81.7. The molecule has 0 spiro atoms. The zero-order valence-corrected chi connectivity index (χ0v) is 18.5. The van der Waals surface area contributed by atoms with E-state index in [1.54, 1.807) is 6.92 Å². The van der Waals surface area contributed by atoms with Gasteiger partial charge in [0.2, 0.25) is 0 Å². The van der Waals surface area contributed by atoms with Crippen molar-refractivity contribution in [1.82, 2.24) is 9.78 Å². The monoisotopic (exact) mass is 497 g/mol. The third-order valence-corrected chi connectivity index (χ3v) is 7.85. The van der Waals surface area contributed by atoms with Crippen molar-refractivity contribution in [2.45, 2.75) is 35.7 Å². The summed E-state index contributed by atoms with van der Waals surface area (Å²) in [7, 11) is -4.54. The smallest absolute Gasteiger partial charge is 0.417 e. The number of sulfone groups is 1.